The van der Waals surface area contributed by atoms with Gasteiger partial charge in [-0.3, -0.25) is 0 Å². The molecule has 0 aliphatic carbocycles. The molecule has 90 valence electrons. The number of benzene rings is 1. The van der Waals surface area contributed by atoms with E-state index in [1.54, 1.807) is 0 Å². The van der Waals surface area contributed by atoms with Crippen LogP contribution in [0.4, 0.5) is 0 Å². The zero-order chi connectivity index (χ0) is 11.8. The van der Waals surface area contributed by atoms with Gasteiger partial charge in [-0.25, -0.2) is 0 Å². The molecule has 1 atom stereocenters. The van der Waals surface area contributed by atoms with Crippen molar-refractivity contribution in [3.8, 4) is 0 Å². The molecule has 1 aromatic carbocycles. The smallest absolute Gasteiger partial charge is 0.0406 e. The summed E-state index contributed by atoms with van der Waals surface area (Å²) in [7, 11) is 0. The predicted molar refractivity (Wildman–Crippen MR) is 72.1 cm³/mol. The van der Waals surface area contributed by atoms with Gasteiger partial charge in [0.1, 0.15) is 0 Å². The Hall–Kier alpha value is -0.530. The van der Waals surface area contributed by atoms with E-state index in [1.807, 2.05) is 12.1 Å². The molecule has 1 rings (SSSR count). The molecule has 0 aliphatic heterocycles. The fraction of sp³-hybridized carbons (Fsp3) is 0.571. The highest BCUT2D eigenvalue weighted by Crippen LogP contribution is 2.12. The van der Waals surface area contributed by atoms with Crippen molar-refractivity contribution in [3.63, 3.8) is 0 Å². The standard InChI is InChI=1S/C14H22ClN/c1-3-11-16-14(4-2)10-7-12-5-8-13(15)9-6-12/h5-6,8-9,14,16H,3-4,7,10-11H2,1-2H3. The molecule has 0 spiro atoms. The monoisotopic (exact) mass is 239 g/mol. The summed E-state index contributed by atoms with van der Waals surface area (Å²) >= 11 is 5.86. The van der Waals surface area contributed by atoms with E-state index in [4.69, 9.17) is 11.6 Å². The second-order valence-electron chi connectivity index (χ2n) is 4.22. The van der Waals surface area contributed by atoms with Crippen LogP contribution in [-0.4, -0.2) is 12.6 Å². The zero-order valence-corrected chi connectivity index (χ0v) is 11.1. The van der Waals surface area contributed by atoms with E-state index in [2.05, 4.69) is 31.3 Å². The Bertz CT molecular complexity index is 281. The Labute approximate surface area is 104 Å². The van der Waals surface area contributed by atoms with E-state index < -0.39 is 0 Å². The minimum absolute atomic E-state index is 0.649. The van der Waals surface area contributed by atoms with Gasteiger partial charge in [-0.1, -0.05) is 37.6 Å². The minimum Gasteiger partial charge on any atom is -0.314 e. The summed E-state index contributed by atoms with van der Waals surface area (Å²) < 4.78 is 0. The molecule has 0 bridgehead atoms. The highest BCUT2D eigenvalue weighted by Gasteiger charge is 2.04. The van der Waals surface area contributed by atoms with Gasteiger partial charge in [0, 0.05) is 11.1 Å². The molecule has 2 heteroatoms. The van der Waals surface area contributed by atoms with Gasteiger partial charge >= 0.3 is 0 Å². The summed E-state index contributed by atoms with van der Waals surface area (Å²) in [5.74, 6) is 0. The summed E-state index contributed by atoms with van der Waals surface area (Å²) in [6, 6.07) is 8.83. The third-order valence-electron chi connectivity index (χ3n) is 2.87. The molecule has 0 aliphatic rings. The summed E-state index contributed by atoms with van der Waals surface area (Å²) in [6.45, 7) is 5.58. The fourth-order valence-corrected chi connectivity index (χ4v) is 1.92. The van der Waals surface area contributed by atoms with Crippen LogP contribution in [0, 0.1) is 0 Å². The van der Waals surface area contributed by atoms with Crippen LogP contribution in [0.2, 0.25) is 5.02 Å². The summed E-state index contributed by atoms with van der Waals surface area (Å²) in [4.78, 5) is 0. The maximum Gasteiger partial charge on any atom is 0.0406 e. The van der Waals surface area contributed by atoms with Gasteiger partial charge in [-0.05, 0) is 49.9 Å². The first-order valence-corrected chi connectivity index (χ1v) is 6.61. The maximum atomic E-state index is 5.86. The molecule has 0 aromatic heterocycles. The molecule has 0 heterocycles. The summed E-state index contributed by atoms with van der Waals surface area (Å²) in [6.07, 6.45) is 4.75. The lowest BCUT2D eigenvalue weighted by Gasteiger charge is -2.16. The van der Waals surface area contributed by atoms with E-state index in [0.29, 0.717) is 6.04 Å². The number of nitrogens with one attached hydrogen (secondary N) is 1. The molecule has 0 saturated carbocycles. The van der Waals surface area contributed by atoms with Crippen LogP contribution in [0.25, 0.3) is 0 Å². The average Bonchev–Trinajstić information content (AvgIpc) is 2.32. The topological polar surface area (TPSA) is 12.0 Å². The van der Waals surface area contributed by atoms with Crippen molar-refractivity contribution in [1.29, 1.82) is 0 Å². The van der Waals surface area contributed by atoms with Crippen LogP contribution >= 0.6 is 11.6 Å². The van der Waals surface area contributed by atoms with Gasteiger partial charge in [-0.15, -0.1) is 0 Å². The Morgan fingerprint density at radius 1 is 1.19 bits per heavy atom. The summed E-state index contributed by atoms with van der Waals surface area (Å²) in [5, 5.41) is 4.39. The number of halogens is 1. The van der Waals surface area contributed by atoms with Gasteiger partial charge in [0.05, 0.1) is 0 Å². The maximum absolute atomic E-state index is 5.86. The first kappa shape index (κ1) is 13.5. The lowest BCUT2D eigenvalue weighted by atomic mass is 10.0. The Morgan fingerprint density at radius 3 is 2.44 bits per heavy atom. The third kappa shape index (κ3) is 5.00. The molecule has 0 radical (unpaired) electrons. The number of rotatable bonds is 7. The molecule has 0 amide bonds. The van der Waals surface area contributed by atoms with E-state index in [9.17, 15) is 0 Å². The van der Waals surface area contributed by atoms with Crippen molar-refractivity contribution in [2.75, 3.05) is 6.54 Å². The minimum atomic E-state index is 0.649. The highest BCUT2D eigenvalue weighted by molar-refractivity contribution is 6.30. The lowest BCUT2D eigenvalue weighted by molar-refractivity contribution is 0.468. The van der Waals surface area contributed by atoms with E-state index >= 15 is 0 Å². The lowest BCUT2D eigenvalue weighted by Crippen LogP contribution is -2.29. The summed E-state index contributed by atoms with van der Waals surface area (Å²) in [5.41, 5.74) is 1.38. The predicted octanol–water partition coefficient (Wildman–Crippen LogP) is 4.05. The first-order valence-electron chi connectivity index (χ1n) is 6.24. The number of hydrogen-bond donors (Lipinski definition) is 1. The molecular formula is C14H22ClN. The third-order valence-corrected chi connectivity index (χ3v) is 3.12. The van der Waals surface area contributed by atoms with Crippen LogP contribution in [0.15, 0.2) is 24.3 Å². The van der Waals surface area contributed by atoms with E-state index in [1.165, 1.54) is 24.8 Å². The average molecular weight is 240 g/mol. The largest absolute Gasteiger partial charge is 0.314 e. The van der Waals surface area contributed by atoms with Gasteiger partial charge in [0.15, 0.2) is 0 Å². The molecule has 0 saturated heterocycles. The van der Waals surface area contributed by atoms with Gasteiger partial charge < -0.3 is 5.32 Å². The van der Waals surface area contributed by atoms with Gasteiger partial charge in [0.25, 0.3) is 0 Å². The Kier molecular flexibility index (Phi) is 6.51. The Morgan fingerprint density at radius 2 is 1.88 bits per heavy atom. The molecule has 1 nitrogen and oxygen atoms in total. The van der Waals surface area contributed by atoms with Crippen LogP contribution in [0.3, 0.4) is 0 Å². The number of hydrogen-bond acceptors (Lipinski definition) is 1. The Balaban J connectivity index is 2.34. The molecule has 1 N–H and O–H groups in total. The quantitative estimate of drug-likeness (QED) is 0.757. The van der Waals surface area contributed by atoms with Crippen molar-refractivity contribution in [2.24, 2.45) is 0 Å². The van der Waals surface area contributed by atoms with E-state index in [-0.39, 0.29) is 0 Å². The molecule has 16 heavy (non-hydrogen) atoms. The van der Waals surface area contributed by atoms with Crippen molar-refractivity contribution in [2.45, 2.75) is 45.6 Å². The van der Waals surface area contributed by atoms with Crippen molar-refractivity contribution in [3.05, 3.63) is 34.9 Å². The van der Waals surface area contributed by atoms with Crippen LogP contribution in [0.1, 0.15) is 38.7 Å². The fourth-order valence-electron chi connectivity index (χ4n) is 1.79. The molecular weight excluding hydrogens is 218 g/mol. The van der Waals surface area contributed by atoms with Crippen molar-refractivity contribution < 1.29 is 0 Å². The molecule has 1 aromatic rings. The molecule has 0 fully saturated rings. The first-order chi connectivity index (χ1) is 7.76. The highest BCUT2D eigenvalue weighted by atomic mass is 35.5. The van der Waals surface area contributed by atoms with Gasteiger partial charge in [-0.2, -0.15) is 0 Å². The van der Waals surface area contributed by atoms with Crippen LogP contribution in [0.5, 0.6) is 0 Å². The number of aryl methyl sites for hydroxylation is 1. The van der Waals surface area contributed by atoms with Crippen LogP contribution < -0.4 is 5.32 Å². The molecule has 1 unspecified atom stereocenters. The SMILES string of the molecule is CCCNC(CC)CCc1ccc(Cl)cc1. The van der Waals surface area contributed by atoms with Crippen molar-refractivity contribution >= 4 is 11.6 Å². The second kappa shape index (κ2) is 7.70. The van der Waals surface area contributed by atoms with E-state index in [0.717, 1.165) is 18.0 Å². The van der Waals surface area contributed by atoms with Gasteiger partial charge in [0.2, 0.25) is 0 Å². The zero-order valence-electron chi connectivity index (χ0n) is 10.3. The second-order valence-corrected chi connectivity index (χ2v) is 4.66. The van der Waals surface area contributed by atoms with Crippen LogP contribution in [-0.2, 0) is 6.42 Å². The van der Waals surface area contributed by atoms with Crippen molar-refractivity contribution in [1.82, 2.24) is 5.32 Å². The normalized spacial score (nSPS) is 12.7.